The molecule has 0 heterocycles. The van der Waals surface area contributed by atoms with Crippen LogP contribution < -0.4 is 15.8 Å². The first-order chi connectivity index (χ1) is 9.63. The summed E-state index contributed by atoms with van der Waals surface area (Å²) in [7, 11) is 0. The number of anilines is 1. The Morgan fingerprint density at radius 1 is 1.20 bits per heavy atom. The molecule has 0 aliphatic carbocycles. The Bertz CT molecular complexity index is 585. The van der Waals surface area contributed by atoms with E-state index in [4.69, 9.17) is 22.1 Å². The highest BCUT2D eigenvalue weighted by molar-refractivity contribution is 6.30. The Kier molecular flexibility index (Phi) is 4.85. The van der Waals surface area contributed by atoms with E-state index < -0.39 is 0 Å². The Hall–Kier alpha value is -2.20. The largest absolute Gasteiger partial charge is 0.484 e. The number of nitrogen functional groups attached to an aromatic ring is 1. The van der Waals surface area contributed by atoms with Gasteiger partial charge in [-0.05, 0) is 35.9 Å². The van der Waals surface area contributed by atoms with Gasteiger partial charge in [-0.25, -0.2) is 0 Å². The fourth-order valence-corrected chi connectivity index (χ4v) is 1.77. The second-order valence-electron chi connectivity index (χ2n) is 4.26. The van der Waals surface area contributed by atoms with Crippen molar-refractivity contribution in [1.29, 1.82) is 0 Å². The number of amides is 1. The molecule has 2 rings (SSSR count). The van der Waals surface area contributed by atoms with Crippen LogP contribution in [-0.4, -0.2) is 12.5 Å². The highest BCUT2D eigenvalue weighted by Gasteiger charge is 2.03. The standard InChI is InChI=1S/C15H15ClN2O2/c16-12-2-1-3-14(8-12)20-10-15(19)18-9-11-4-6-13(17)7-5-11/h1-8H,9-10,17H2,(H,18,19). The van der Waals surface area contributed by atoms with Gasteiger partial charge in [0.1, 0.15) is 5.75 Å². The Balaban J connectivity index is 1.77. The Morgan fingerprint density at radius 3 is 2.65 bits per heavy atom. The summed E-state index contributed by atoms with van der Waals surface area (Å²) >= 11 is 5.82. The van der Waals surface area contributed by atoms with Gasteiger partial charge in [0.2, 0.25) is 0 Å². The van der Waals surface area contributed by atoms with Gasteiger partial charge in [-0.15, -0.1) is 0 Å². The lowest BCUT2D eigenvalue weighted by atomic mass is 10.2. The summed E-state index contributed by atoms with van der Waals surface area (Å²) in [6.45, 7) is 0.396. The van der Waals surface area contributed by atoms with Crippen LogP contribution in [0.3, 0.4) is 0 Å². The normalized spacial score (nSPS) is 10.1. The topological polar surface area (TPSA) is 64.3 Å². The van der Waals surface area contributed by atoms with E-state index >= 15 is 0 Å². The summed E-state index contributed by atoms with van der Waals surface area (Å²) in [6.07, 6.45) is 0. The highest BCUT2D eigenvalue weighted by atomic mass is 35.5. The quantitative estimate of drug-likeness (QED) is 0.832. The van der Waals surface area contributed by atoms with Crippen molar-refractivity contribution in [3.05, 3.63) is 59.1 Å². The zero-order chi connectivity index (χ0) is 14.4. The maximum absolute atomic E-state index is 11.6. The number of hydrogen-bond acceptors (Lipinski definition) is 3. The van der Waals surface area contributed by atoms with Crippen molar-refractivity contribution < 1.29 is 9.53 Å². The van der Waals surface area contributed by atoms with Crippen LogP contribution in [0, 0.1) is 0 Å². The molecule has 0 bridgehead atoms. The molecule has 0 unspecified atom stereocenters. The van der Waals surface area contributed by atoms with E-state index in [1.54, 1.807) is 36.4 Å². The van der Waals surface area contributed by atoms with Gasteiger partial charge in [-0.1, -0.05) is 29.8 Å². The van der Waals surface area contributed by atoms with Crippen LogP contribution in [0.4, 0.5) is 5.69 Å². The number of halogens is 1. The van der Waals surface area contributed by atoms with Crippen LogP contribution in [0.1, 0.15) is 5.56 Å². The van der Waals surface area contributed by atoms with Crippen molar-refractivity contribution in [1.82, 2.24) is 5.32 Å². The van der Waals surface area contributed by atoms with Crippen molar-refractivity contribution in [2.45, 2.75) is 6.54 Å². The second-order valence-corrected chi connectivity index (χ2v) is 4.70. The zero-order valence-electron chi connectivity index (χ0n) is 10.8. The second kappa shape index (κ2) is 6.82. The molecule has 3 N–H and O–H groups in total. The molecule has 0 spiro atoms. The van der Waals surface area contributed by atoms with E-state index in [9.17, 15) is 4.79 Å². The number of benzene rings is 2. The Morgan fingerprint density at radius 2 is 1.95 bits per heavy atom. The van der Waals surface area contributed by atoms with Crippen LogP contribution in [-0.2, 0) is 11.3 Å². The summed E-state index contributed by atoms with van der Waals surface area (Å²) in [6, 6.07) is 14.3. The smallest absolute Gasteiger partial charge is 0.258 e. The minimum absolute atomic E-state index is 0.0463. The summed E-state index contributed by atoms with van der Waals surface area (Å²) in [5, 5.41) is 3.34. The fraction of sp³-hybridized carbons (Fsp3) is 0.133. The van der Waals surface area contributed by atoms with Crippen molar-refractivity contribution in [2.24, 2.45) is 0 Å². The SMILES string of the molecule is Nc1ccc(CNC(=O)COc2cccc(Cl)c2)cc1. The first kappa shape index (κ1) is 14.2. The van der Waals surface area contributed by atoms with Gasteiger partial charge in [0.25, 0.3) is 5.91 Å². The maximum Gasteiger partial charge on any atom is 0.258 e. The number of nitrogens with two attached hydrogens (primary N) is 1. The molecule has 0 fully saturated rings. The lowest BCUT2D eigenvalue weighted by Gasteiger charge is -2.08. The molecule has 0 saturated heterocycles. The molecular formula is C15H15ClN2O2. The number of rotatable bonds is 5. The van der Waals surface area contributed by atoms with Crippen molar-refractivity contribution in [2.75, 3.05) is 12.3 Å². The summed E-state index contributed by atoms with van der Waals surface area (Å²) in [5.41, 5.74) is 7.27. The summed E-state index contributed by atoms with van der Waals surface area (Å²) in [4.78, 5) is 11.6. The Labute approximate surface area is 122 Å². The minimum atomic E-state index is -0.193. The summed E-state index contributed by atoms with van der Waals surface area (Å²) in [5.74, 6) is 0.377. The number of carbonyl (C=O) groups excluding carboxylic acids is 1. The number of ether oxygens (including phenoxy) is 1. The fourth-order valence-electron chi connectivity index (χ4n) is 1.59. The molecule has 0 aromatic heterocycles. The zero-order valence-corrected chi connectivity index (χ0v) is 11.6. The summed E-state index contributed by atoms with van der Waals surface area (Å²) < 4.78 is 5.34. The van der Waals surface area contributed by atoms with Crippen molar-refractivity contribution in [3.63, 3.8) is 0 Å². The van der Waals surface area contributed by atoms with Gasteiger partial charge in [0.15, 0.2) is 6.61 Å². The van der Waals surface area contributed by atoms with E-state index in [2.05, 4.69) is 5.32 Å². The molecule has 1 amide bonds. The lowest BCUT2D eigenvalue weighted by molar-refractivity contribution is -0.123. The molecule has 20 heavy (non-hydrogen) atoms. The third-order valence-electron chi connectivity index (χ3n) is 2.64. The molecule has 104 valence electrons. The maximum atomic E-state index is 11.6. The lowest BCUT2D eigenvalue weighted by Crippen LogP contribution is -2.28. The van der Waals surface area contributed by atoms with Gasteiger partial charge in [0, 0.05) is 17.3 Å². The van der Waals surface area contributed by atoms with Crippen LogP contribution in [0.2, 0.25) is 5.02 Å². The van der Waals surface area contributed by atoms with Crippen molar-refractivity contribution in [3.8, 4) is 5.75 Å². The van der Waals surface area contributed by atoms with Crippen LogP contribution in [0.25, 0.3) is 0 Å². The minimum Gasteiger partial charge on any atom is -0.484 e. The monoisotopic (exact) mass is 290 g/mol. The van der Waals surface area contributed by atoms with E-state index in [0.29, 0.717) is 23.0 Å². The van der Waals surface area contributed by atoms with Gasteiger partial charge in [0.05, 0.1) is 0 Å². The van der Waals surface area contributed by atoms with E-state index in [1.165, 1.54) is 0 Å². The first-order valence-corrected chi connectivity index (χ1v) is 6.51. The average molecular weight is 291 g/mol. The highest BCUT2D eigenvalue weighted by Crippen LogP contribution is 2.16. The van der Waals surface area contributed by atoms with E-state index in [-0.39, 0.29) is 12.5 Å². The molecule has 4 nitrogen and oxygen atoms in total. The number of nitrogens with one attached hydrogen (secondary N) is 1. The van der Waals surface area contributed by atoms with Crippen molar-refractivity contribution >= 4 is 23.2 Å². The predicted octanol–water partition coefficient (Wildman–Crippen LogP) is 2.62. The van der Waals surface area contributed by atoms with E-state index in [1.807, 2.05) is 12.1 Å². The third kappa shape index (κ3) is 4.48. The van der Waals surface area contributed by atoms with E-state index in [0.717, 1.165) is 5.56 Å². The van der Waals surface area contributed by atoms with Gasteiger partial charge in [-0.3, -0.25) is 4.79 Å². The average Bonchev–Trinajstić information content (AvgIpc) is 2.45. The number of hydrogen-bond donors (Lipinski definition) is 2. The first-order valence-electron chi connectivity index (χ1n) is 6.13. The molecule has 5 heteroatoms. The molecule has 2 aromatic carbocycles. The van der Waals surface area contributed by atoms with Gasteiger partial charge < -0.3 is 15.8 Å². The van der Waals surface area contributed by atoms with Gasteiger partial charge in [-0.2, -0.15) is 0 Å². The molecule has 0 aliphatic rings. The molecule has 0 aliphatic heterocycles. The molecule has 0 radical (unpaired) electrons. The van der Waals surface area contributed by atoms with Gasteiger partial charge >= 0.3 is 0 Å². The van der Waals surface area contributed by atoms with Crippen LogP contribution >= 0.6 is 11.6 Å². The molecule has 2 aromatic rings. The number of carbonyl (C=O) groups is 1. The molecular weight excluding hydrogens is 276 g/mol. The molecule has 0 saturated carbocycles. The molecule has 0 atom stereocenters. The predicted molar refractivity (Wildman–Crippen MR) is 79.6 cm³/mol. The van der Waals surface area contributed by atoms with Crippen LogP contribution in [0.5, 0.6) is 5.75 Å². The third-order valence-corrected chi connectivity index (χ3v) is 2.87. The van der Waals surface area contributed by atoms with Crippen LogP contribution in [0.15, 0.2) is 48.5 Å².